The van der Waals surface area contributed by atoms with E-state index in [9.17, 15) is 31.1 Å². The summed E-state index contributed by atoms with van der Waals surface area (Å²) in [5, 5.41) is 2.41. The monoisotopic (exact) mass is 427 g/mol. The number of nitrogens with one attached hydrogen (secondary N) is 1. The van der Waals surface area contributed by atoms with Crippen LogP contribution >= 0.6 is 0 Å². The fourth-order valence-electron chi connectivity index (χ4n) is 4.03. The van der Waals surface area contributed by atoms with Gasteiger partial charge in [0.2, 0.25) is 5.91 Å². The average Bonchev–Trinajstić information content (AvgIpc) is 3.05. The van der Waals surface area contributed by atoms with Gasteiger partial charge in [-0.2, -0.15) is 26.3 Å². The molecule has 4 rings (SSSR count). The van der Waals surface area contributed by atoms with Crippen LogP contribution in [0.15, 0.2) is 41.5 Å². The number of pyridine rings is 1. The third-order valence-corrected chi connectivity index (χ3v) is 5.56. The summed E-state index contributed by atoms with van der Waals surface area (Å²) >= 11 is 0. The zero-order chi connectivity index (χ0) is 21.9. The second-order valence-electron chi connectivity index (χ2n) is 7.31. The molecule has 1 aliphatic carbocycles. The zero-order valence-corrected chi connectivity index (χ0v) is 15.5. The first-order chi connectivity index (χ1) is 13.9. The molecule has 2 atom stereocenters. The molecule has 1 amide bonds. The first-order valence-corrected chi connectivity index (χ1v) is 9.07. The van der Waals surface area contributed by atoms with Gasteiger partial charge in [0.05, 0.1) is 5.56 Å². The van der Waals surface area contributed by atoms with Gasteiger partial charge in [-0.1, -0.05) is 12.1 Å². The molecule has 0 unspecified atom stereocenters. The van der Waals surface area contributed by atoms with Gasteiger partial charge in [0.15, 0.2) is 0 Å². The number of rotatable bonds is 1. The van der Waals surface area contributed by atoms with Gasteiger partial charge in [-0.05, 0) is 49.1 Å². The Bertz CT molecular complexity index is 1060. The lowest BCUT2D eigenvalue weighted by Gasteiger charge is -2.36. The van der Waals surface area contributed by atoms with Crippen LogP contribution in [-0.4, -0.2) is 28.9 Å². The predicted octanol–water partition coefficient (Wildman–Crippen LogP) is 4.16. The number of hydrogen-bond acceptors (Lipinski definition) is 3. The fourth-order valence-corrected chi connectivity index (χ4v) is 4.03. The van der Waals surface area contributed by atoms with E-state index >= 15 is 0 Å². The number of aliphatic imine (C=N–C) groups is 1. The Labute approximate surface area is 167 Å². The lowest BCUT2D eigenvalue weighted by atomic mass is 9.70. The molecule has 1 aromatic heterocycles. The molecule has 1 N–H and O–H groups in total. The number of benzene rings is 1. The van der Waals surface area contributed by atoms with Crippen LogP contribution in [0.3, 0.4) is 0 Å². The normalized spacial score (nSPS) is 23.3. The quantitative estimate of drug-likeness (QED) is 0.695. The van der Waals surface area contributed by atoms with Crippen molar-refractivity contribution < 1.29 is 31.1 Å². The van der Waals surface area contributed by atoms with Crippen molar-refractivity contribution in [1.82, 2.24) is 10.3 Å². The van der Waals surface area contributed by atoms with Gasteiger partial charge >= 0.3 is 12.4 Å². The van der Waals surface area contributed by atoms with E-state index in [1.165, 1.54) is 6.20 Å². The summed E-state index contributed by atoms with van der Waals surface area (Å²) < 4.78 is 79.2. The minimum Gasteiger partial charge on any atom is -0.309 e. The second kappa shape index (κ2) is 6.55. The van der Waals surface area contributed by atoms with Crippen LogP contribution in [0.4, 0.5) is 26.3 Å². The lowest BCUT2D eigenvalue weighted by Crippen LogP contribution is -2.52. The molecule has 2 aromatic rings. The Morgan fingerprint density at radius 2 is 1.87 bits per heavy atom. The standard InChI is InChI=1S/C20H15F6N3O/c1-10(19(21,22)23)28-16-12-5-4-11(20(24,25)26)9-14(12)18(17(30)29-16)7-6-15-13(18)3-2-8-27-15/h2-5,8-10H,6-7H2,1H3,(H,28,29,30)/t10-,18-/m1/s1. The number of carbonyl (C=O) groups excluding carboxylic acids is 1. The summed E-state index contributed by atoms with van der Waals surface area (Å²) in [6.07, 6.45) is -7.32. The van der Waals surface area contributed by atoms with Crippen molar-refractivity contribution in [3.63, 3.8) is 0 Å². The van der Waals surface area contributed by atoms with Crippen LogP contribution in [-0.2, 0) is 22.8 Å². The van der Waals surface area contributed by atoms with Gasteiger partial charge in [0, 0.05) is 17.5 Å². The first kappa shape index (κ1) is 20.4. The zero-order valence-electron chi connectivity index (χ0n) is 15.5. The summed E-state index contributed by atoms with van der Waals surface area (Å²) in [4.78, 5) is 20.9. The Morgan fingerprint density at radius 3 is 2.53 bits per heavy atom. The van der Waals surface area contributed by atoms with Crippen LogP contribution < -0.4 is 5.32 Å². The number of fused-ring (bicyclic) bond motifs is 4. The molecular weight excluding hydrogens is 412 g/mol. The van der Waals surface area contributed by atoms with Crippen molar-refractivity contribution in [2.45, 2.75) is 43.6 Å². The maximum absolute atomic E-state index is 13.4. The number of carbonyl (C=O) groups is 1. The Morgan fingerprint density at radius 1 is 1.13 bits per heavy atom. The average molecular weight is 427 g/mol. The van der Waals surface area contributed by atoms with Crippen LogP contribution in [0.2, 0.25) is 0 Å². The molecule has 0 fully saturated rings. The van der Waals surface area contributed by atoms with Gasteiger partial charge in [-0.15, -0.1) is 0 Å². The number of nitrogens with zero attached hydrogens (tertiary/aromatic N) is 2. The molecule has 4 nitrogen and oxygen atoms in total. The number of alkyl halides is 6. The summed E-state index contributed by atoms with van der Waals surface area (Å²) in [7, 11) is 0. The Hall–Kier alpha value is -2.91. The largest absolute Gasteiger partial charge is 0.416 e. The van der Waals surface area contributed by atoms with E-state index in [-0.39, 0.29) is 17.5 Å². The van der Waals surface area contributed by atoms with Crippen LogP contribution in [0, 0.1) is 0 Å². The minimum atomic E-state index is -4.68. The molecule has 10 heteroatoms. The van der Waals surface area contributed by atoms with Crippen LogP contribution in [0.1, 0.15) is 41.3 Å². The van der Waals surface area contributed by atoms with E-state index < -0.39 is 41.1 Å². The van der Waals surface area contributed by atoms with E-state index in [2.05, 4.69) is 15.3 Å². The van der Waals surface area contributed by atoms with Crippen molar-refractivity contribution in [3.8, 4) is 0 Å². The van der Waals surface area contributed by atoms with Crippen molar-refractivity contribution in [1.29, 1.82) is 0 Å². The number of amides is 1. The Kier molecular flexibility index (Phi) is 4.44. The Balaban J connectivity index is 1.98. The number of amidine groups is 1. The molecule has 30 heavy (non-hydrogen) atoms. The first-order valence-electron chi connectivity index (χ1n) is 9.07. The van der Waals surface area contributed by atoms with E-state index in [0.29, 0.717) is 17.7 Å². The van der Waals surface area contributed by atoms with E-state index in [0.717, 1.165) is 25.1 Å². The van der Waals surface area contributed by atoms with Crippen molar-refractivity contribution in [2.24, 2.45) is 4.99 Å². The van der Waals surface area contributed by atoms with Crippen molar-refractivity contribution in [3.05, 3.63) is 64.5 Å². The summed E-state index contributed by atoms with van der Waals surface area (Å²) in [5.41, 5.74) is -1.42. The van der Waals surface area contributed by atoms with Gasteiger partial charge < -0.3 is 5.32 Å². The summed E-state index contributed by atoms with van der Waals surface area (Å²) in [6, 6.07) is 3.71. The third kappa shape index (κ3) is 3.05. The molecule has 1 aliphatic heterocycles. The predicted molar refractivity (Wildman–Crippen MR) is 95.0 cm³/mol. The molecule has 2 aliphatic rings. The van der Waals surface area contributed by atoms with Gasteiger partial charge in [-0.3, -0.25) is 14.8 Å². The number of hydrogen-bond donors (Lipinski definition) is 1. The van der Waals surface area contributed by atoms with Crippen LogP contribution in [0.5, 0.6) is 0 Å². The highest BCUT2D eigenvalue weighted by atomic mass is 19.4. The lowest BCUT2D eigenvalue weighted by molar-refractivity contribution is -0.143. The molecule has 0 saturated heterocycles. The second-order valence-corrected chi connectivity index (χ2v) is 7.31. The third-order valence-electron chi connectivity index (χ3n) is 5.56. The van der Waals surface area contributed by atoms with E-state index in [1.807, 2.05) is 0 Å². The maximum Gasteiger partial charge on any atom is 0.416 e. The van der Waals surface area contributed by atoms with E-state index in [1.54, 1.807) is 12.1 Å². The number of aromatic nitrogens is 1. The molecule has 1 aromatic carbocycles. The molecule has 2 heterocycles. The minimum absolute atomic E-state index is 0.0130. The maximum atomic E-state index is 13.4. The van der Waals surface area contributed by atoms with Gasteiger partial charge in [0.25, 0.3) is 0 Å². The molecular formula is C20H15F6N3O. The van der Waals surface area contributed by atoms with Crippen LogP contribution in [0.25, 0.3) is 0 Å². The highest BCUT2D eigenvalue weighted by Gasteiger charge is 2.52. The molecule has 0 radical (unpaired) electrons. The molecule has 158 valence electrons. The summed E-state index contributed by atoms with van der Waals surface area (Å²) in [5.74, 6) is -1.11. The highest BCUT2D eigenvalue weighted by Crippen LogP contribution is 2.48. The number of aryl methyl sites for hydroxylation is 1. The van der Waals surface area contributed by atoms with Crippen molar-refractivity contribution >= 4 is 11.7 Å². The fraction of sp³-hybridized carbons (Fsp3) is 0.350. The van der Waals surface area contributed by atoms with Gasteiger partial charge in [-0.25, -0.2) is 0 Å². The molecule has 0 bridgehead atoms. The smallest absolute Gasteiger partial charge is 0.309 e. The highest BCUT2D eigenvalue weighted by molar-refractivity contribution is 6.17. The van der Waals surface area contributed by atoms with Crippen molar-refractivity contribution in [2.75, 3.05) is 0 Å². The number of halogens is 6. The molecule has 0 saturated carbocycles. The van der Waals surface area contributed by atoms with Gasteiger partial charge in [0.1, 0.15) is 17.3 Å². The summed E-state index contributed by atoms with van der Waals surface area (Å²) in [6.45, 7) is 0.808. The topological polar surface area (TPSA) is 54.4 Å². The molecule has 1 spiro atoms. The van der Waals surface area contributed by atoms with E-state index in [4.69, 9.17) is 0 Å². The SMILES string of the molecule is C[C@@H](N=C1NC(=O)[C@@]2(CCc3ncccc32)c2cc(C(F)(F)F)ccc21)C(F)(F)F.